The lowest BCUT2D eigenvalue weighted by Crippen LogP contribution is -2.36. The predicted molar refractivity (Wildman–Crippen MR) is 85.6 cm³/mol. The number of benzene rings is 2. The number of fused-ring (bicyclic) bond motifs is 1. The van der Waals surface area contributed by atoms with Crippen molar-refractivity contribution in [2.45, 2.75) is 0 Å². The standard InChI is InChI=1S/C16H14BrN3/c1-19-8-9-20(16-5-3-2-4-15(16)19)14-7-6-13(17)10-12(14)11-18/h2-7,10H,8-9H2,1H3. The molecule has 0 aromatic heterocycles. The molecule has 20 heavy (non-hydrogen) atoms. The molecule has 4 heteroatoms. The van der Waals surface area contributed by atoms with Crippen molar-refractivity contribution in [1.82, 2.24) is 0 Å². The molecule has 3 rings (SSSR count). The maximum absolute atomic E-state index is 9.37. The second kappa shape index (κ2) is 5.18. The van der Waals surface area contributed by atoms with E-state index in [2.05, 4.69) is 51.0 Å². The van der Waals surface area contributed by atoms with Crippen LogP contribution in [0.1, 0.15) is 5.56 Å². The number of anilines is 3. The summed E-state index contributed by atoms with van der Waals surface area (Å²) in [5.74, 6) is 0. The largest absolute Gasteiger partial charge is 0.371 e. The zero-order valence-electron chi connectivity index (χ0n) is 11.2. The van der Waals surface area contributed by atoms with Crippen molar-refractivity contribution in [3.8, 4) is 6.07 Å². The Morgan fingerprint density at radius 3 is 2.55 bits per heavy atom. The van der Waals surface area contributed by atoms with Crippen LogP contribution in [0.2, 0.25) is 0 Å². The van der Waals surface area contributed by atoms with Crippen molar-refractivity contribution in [2.24, 2.45) is 0 Å². The fourth-order valence-corrected chi connectivity index (χ4v) is 2.95. The summed E-state index contributed by atoms with van der Waals surface area (Å²) in [4.78, 5) is 4.47. The molecule has 0 radical (unpaired) electrons. The summed E-state index contributed by atoms with van der Waals surface area (Å²) in [5.41, 5.74) is 4.01. The molecule has 0 aliphatic carbocycles. The monoisotopic (exact) mass is 327 g/mol. The van der Waals surface area contributed by atoms with E-state index in [1.165, 1.54) is 5.69 Å². The molecule has 100 valence electrons. The molecule has 1 heterocycles. The molecule has 3 nitrogen and oxygen atoms in total. The first-order chi connectivity index (χ1) is 9.70. The first-order valence-electron chi connectivity index (χ1n) is 6.48. The Hall–Kier alpha value is -1.99. The normalized spacial score (nSPS) is 13.8. The van der Waals surface area contributed by atoms with Gasteiger partial charge in [-0.25, -0.2) is 0 Å². The number of halogens is 1. The Balaban J connectivity index is 2.13. The average molecular weight is 328 g/mol. The molecule has 0 spiro atoms. The first-order valence-corrected chi connectivity index (χ1v) is 7.27. The molecule has 1 aliphatic rings. The van der Waals surface area contributed by atoms with Crippen molar-refractivity contribution < 1.29 is 0 Å². The van der Waals surface area contributed by atoms with Gasteiger partial charge < -0.3 is 9.80 Å². The summed E-state index contributed by atoms with van der Waals surface area (Å²) in [5, 5.41) is 9.37. The lowest BCUT2D eigenvalue weighted by atomic mass is 10.1. The van der Waals surface area contributed by atoms with Crippen molar-refractivity contribution in [2.75, 3.05) is 29.9 Å². The Labute approximate surface area is 127 Å². The summed E-state index contributed by atoms with van der Waals surface area (Å²) < 4.78 is 0.931. The van der Waals surface area contributed by atoms with E-state index in [-0.39, 0.29) is 0 Å². The Morgan fingerprint density at radius 1 is 1.05 bits per heavy atom. The number of para-hydroxylation sites is 2. The maximum Gasteiger partial charge on any atom is 0.101 e. The van der Waals surface area contributed by atoms with Crippen LogP contribution in [0.5, 0.6) is 0 Å². The fourth-order valence-electron chi connectivity index (χ4n) is 2.59. The second-order valence-corrected chi connectivity index (χ2v) is 5.75. The predicted octanol–water partition coefficient (Wildman–Crippen LogP) is 3.91. The van der Waals surface area contributed by atoms with Crippen LogP contribution in [0.4, 0.5) is 17.1 Å². The smallest absolute Gasteiger partial charge is 0.101 e. The molecular formula is C16H14BrN3. The molecule has 0 bridgehead atoms. The third-order valence-corrected chi connectivity index (χ3v) is 4.11. The van der Waals surface area contributed by atoms with E-state index in [1.54, 1.807) is 0 Å². The van der Waals surface area contributed by atoms with Crippen LogP contribution in [0, 0.1) is 11.3 Å². The number of hydrogen-bond acceptors (Lipinski definition) is 3. The molecule has 2 aromatic carbocycles. The quantitative estimate of drug-likeness (QED) is 0.795. The zero-order valence-corrected chi connectivity index (χ0v) is 12.8. The highest BCUT2D eigenvalue weighted by Gasteiger charge is 2.22. The number of hydrogen-bond donors (Lipinski definition) is 0. The molecule has 0 saturated carbocycles. The highest BCUT2D eigenvalue weighted by Crippen LogP contribution is 2.38. The highest BCUT2D eigenvalue weighted by molar-refractivity contribution is 9.10. The van der Waals surface area contributed by atoms with Crippen LogP contribution in [0.15, 0.2) is 46.9 Å². The summed E-state index contributed by atoms with van der Waals surface area (Å²) in [6, 6.07) is 16.5. The molecule has 2 aromatic rings. The molecule has 0 amide bonds. The van der Waals surface area contributed by atoms with Crippen molar-refractivity contribution in [3.63, 3.8) is 0 Å². The third kappa shape index (κ3) is 2.14. The number of likely N-dealkylation sites (N-methyl/N-ethyl adjacent to an activating group) is 1. The molecule has 0 saturated heterocycles. The molecular weight excluding hydrogens is 314 g/mol. The minimum atomic E-state index is 0.693. The number of nitrogens with zero attached hydrogens (tertiary/aromatic N) is 3. The van der Waals surface area contributed by atoms with E-state index in [0.29, 0.717) is 5.56 Å². The minimum Gasteiger partial charge on any atom is -0.371 e. The summed E-state index contributed by atoms with van der Waals surface area (Å²) >= 11 is 3.42. The lowest BCUT2D eigenvalue weighted by molar-refractivity contribution is 0.821. The SMILES string of the molecule is CN1CCN(c2ccc(Br)cc2C#N)c2ccccc21. The first kappa shape index (κ1) is 13.0. The van der Waals surface area contributed by atoms with E-state index in [1.807, 2.05) is 30.3 Å². The minimum absolute atomic E-state index is 0.693. The van der Waals surface area contributed by atoms with Gasteiger partial charge in [-0.1, -0.05) is 28.1 Å². The Kier molecular flexibility index (Phi) is 3.37. The van der Waals surface area contributed by atoms with Gasteiger partial charge in [-0.2, -0.15) is 5.26 Å². The second-order valence-electron chi connectivity index (χ2n) is 4.84. The summed E-state index contributed by atoms with van der Waals surface area (Å²) in [7, 11) is 2.10. The molecule has 0 unspecified atom stereocenters. The Bertz CT molecular complexity index is 690. The van der Waals surface area contributed by atoms with Gasteiger partial charge in [-0.15, -0.1) is 0 Å². The maximum atomic E-state index is 9.37. The van der Waals surface area contributed by atoms with Crippen molar-refractivity contribution in [3.05, 3.63) is 52.5 Å². The summed E-state index contributed by atoms with van der Waals surface area (Å²) in [6.07, 6.45) is 0. The number of rotatable bonds is 1. The van der Waals surface area contributed by atoms with Crippen LogP contribution in [-0.2, 0) is 0 Å². The van der Waals surface area contributed by atoms with Crippen molar-refractivity contribution >= 4 is 33.0 Å². The highest BCUT2D eigenvalue weighted by atomic mass is 79.9. The summed E-state index contributed by atoms with van der Waals surface area (Å²) in [6.45, 7) is 1.82. The van der Waals surface area contributed by atoms with Gasteiger partial charge in [-0.05, 0) is 30.3 Å². The van der Waals surface area contributed by atoms with E-state index in [9.17, 15) is 5.26 Å². The van der Waals surface area contributed by atoms with E-state index in [0.717, 1.165) is 28.9 Å². The lowest BCUT2D eigenvalue weighted by Gasteiger charge is -2.37. The Morgan fingerprint density at radius 2 is 1.80 bits per heavy atom. The number of nitriles is 1. The van der Waals surface area contributed by atoms with E-state index >= 15 is 0 Å². The zero-order chi connectivity index (χ0) is 14.1. The van der Waals surface area contributed by atoms with Gasteiger partial charge in [0, 0.05) is 24.6 Å². The van der Waals surface area contributed by atoms with Crippen molar-refractivity contribution in [1.29, 1.82) is 5.26 Å². The van der Waals surface area contributed by atoms with Gasteiger partial charge in [-0.3, -0.25) is 0 Å². The van der Waals surface area contributed by atoms with Crippen LogP contribution in [-0.4, -0.2) is 20.1 Å². The van der Waals surface area contributed by atoms with Gasteiger partial charge in [0.1, 0.15) is 6.07 Å². The van der Waals surface area contributed by atoms with Crippen LogP contribution in [0.3, 0.4) is 0 Å². The van der Waals surface area contributed by atoms with Gasteiger partial charge in [0.15, 0.2) is 0 Å². The van der Waals surface area contributed by atoms with E-state index in [4.69, 9.17) is 0 Å². The topological polar surface area (TPSA) is 30.3 Å². The molecule has 0 fully saturated rings. The average Bonchev–Trinajstić information content (AvgIpc) is 2.48. The van der Waals surface area contributed by atoms with Gasteiger partial charge in [0.2, 0.25) is 0 Å². The van der Waals surface area contributed by atoms with Crippen LogP contribution >= 0.6 is 15.9 Å². The van der Waals surface area contributed by atoms with Crippen LogP contribution in [0.25, 0.3) is 0 Å². The third-order valence-electron chi connectivity index (χ3n) is 3.61. The van der Waals surface area contributed by atoms with E-state index < -0.39 is 0 Å². The van der Waals surface area contributed by atoms with Gasteiger partial charge in [0.05, 0.1) is 22.6 Å². The molecule has 0 N–H and O–H groups in total. The van der Waals surface area contributed by atoms with Crippen LogP contribution < -0.4 is 9.80 Å². The van der Waals surface area contributed by atoms with Gasteiger partial charge in [0.25, 0.3) is 0 Å². The fraction of sp³-hybridized carbons (Fsp3) is 0.188. The molecule has 1 aliphatic heterocycles. The molecule has 0 atom stereocenters. The van der Waals surface area contributed by atoms with Gasteiger partial charge >= 0.3 is 0 Å².